The number of hydrogen-bond donors (Lipinski definition) is 1. The van der Waals surface area contributed by atoms with Gasteiger partial charge in [-0.05, 0) is 25.5 Å². The third-order valence-corrected chi connectivity index (χ3v) is 5.62. The number of hydrogen-bond acceptors (Lipinski definition) is 5. The molecule has 1 heterocycles. The Morgan fingerprint density at radius 2 is 1.77 bits per heavy atom. The Balaban J connectivity index is 2.40. The monoisotopic (exact) mass is 326 g/mol. The quantitative estimate of drug-likeness (QED) is 0.804. The van der Waals surface area contributed by atoms with E-state index in [1.165, 1.54) is 0 Å². The highest BCUT2D eigenvalue weighted by Gasteiger charge is 2.40. The Labute approximate surface area is 131 Å². The Kier molecular flexibility index (Phi) is 5.81. The number of ether oxygens (including phenoxy) is 1. The number of allylic oxidation sites excluding steroid dienone is 1. The number of rotatable bonds is 6. The van der Waals surface area contributed by atoms with Crippen molar-refractivity contribution in [1.82, 2.24) is 0 Å². The molecule has 0 bridgehead atoms. The lowest BCUT2D eigenvalue weighted by molar-refractivity contribution is -0.108. The zero-order valence-electron chi connectivity index (χ0n) is 13.1. The molecule has 1 N–H and O–H groups in total. The van der Waals surface area contributed by atoms with Gasteiger partial charge < -0.3 is 18.9 Å². The zero-order chi connectivity index (χ0) is 16.2. The molecule has 0 spiro atoms. The molecule has 3 atom stereocenters. The van der Waals surface area contributed by atoms with Gasteiger partial charge in [0.05, 0.1) is 13.2 Å². The summed E-state index contributed by atoms with van der Waals surface area (Å²) in [5.41, 5.74) is 1.12. The lowest BCUT2D eigenvalue weighted by atomic mass is 9.86. The van der Waals surface area contributed by atoms with Gasteiger partial charge in [0.15, 0.2) is 0 Å². The number of aliphatic hydroxyl groups is 1. The van der Waals surface area contributed by atoms with Crippen LogP contribution in [0, 0.1) is 5.92 Å². The molecule has 0 aromatic heterocycles. The Bertz CT molecular complexity index is 547. The van der Waals surface area contributed by atoms with Crippen molar-refractivity contribution in [2.75, 3.05) is 13.2 Å². The van der Waals surface area contributed by atoms with Crippen LogP contribution < -0.4 is 0 Å². The van der Waals surface area contributed by atoms with Gasteiger partial charge in [-0.3, -0.25) is 4.57 Å². The van der Waals surface area contributed by atoms with E-state index in [1.807, 2.05) is 37.3 Å². The molecule has 5 nitrogen and oxygen atoms in total. The minimum absolute atomic E-state index is 0.0932. The average molecular weight is 326 g/mol. The maximum absolute atomic E-state index is 12.8. The van der Waals surface area contributed by atoms with E-state index in [9.17, 15) is 9.67 Å². The minimum atomic E-state index is -3.54. The summed E-state index contributed by atoms with van der Waals surface area (Å²) in [7, 11) is -3.54. The topological polar surface area (TPSA) is 65.0 Å². The standard InChI is InChI=1S/C16H23O5P/c1-4-19-22(18,20-5-2)15-11-14(12(3)16(17)21-15)13-9-7-6-8-10-13/h6-12,14,16-17H,4-5H2,1-3H3/t12-,14+,16?/m1/s1. The van der Waals surface area contributed by atoms with Gasteiger partial charge in [-0.15, -0.1) is 0 Å². The maximum Gasteiger partial charge on any atom is 0.395 e. The number of aliphatic hydroxyl groups excluding tert-OH is 1. The first-order valence-electron chi connectivity index (χ1n) is 7.53. The lowest BCUT2D eigenvalue weighted by Crippen LogP contribution is -2.30. The molecule has 0 saturated heterocycles. The summed E-state index contributed by atoms with van der Waals surface area (Å²) in [6.45, 7) is 5.84. The van der Waals surface area contributed by atoms with E-state index in [4.69, 9.17) is 13.8 Å². The highest BCUT2D eigenvalue weighted by molar-refractivity contribution is 7.58. The van der Waals surface area contributed by atoms with E-state index in [2.05, 4.69) is 0 Å². The second-order valence-electron chi connectivity index (χ2n) is 5.14. The average Bonchev–Trinajstić information content (AvgIpc) is 2.51. The zero-order valence-corrected chi connectivity index (χ0v) is 14.0. The summed E-state index contributed by atoms with van der Waals surface area (Å²) >= 11 is 0. The predicted molar refractivity (Wildman–Crippen MR) is 84.4 cm³/mol. The van der Waals surface area contributed by atoms with Crippen molar-refractivity contribution in [3.8, 4) is 0 Å². The summed E-state index contributed by atoms with van der Waals surface area (Å²) in [5, 5.41) is 10.2. The number of benzene rings is 1. The summed E-state index contributed by atoms with van der Waals surface area (Å²) < 4.78 is 28.9. The first-order chi connectivity index (χ1) is 10.5. The molecule has 2 rings (SSSR count). The molecular weight excluding hydrogens is 303 g/mol. The molecule has 1 aliphatic rings. The molecule has 1 aliphatic heterocycles. The summed E-state index contributed by atoms with van der Waals surface area (Å²) in [5.74, 6) is -0.281. The van der Waals surface area contributed by atoms with E-state index < -0.39 is 13.9 Å². The largest absolute Gasteiger partial charge is 0.457 e. The van der Waals surface area contributed by atoms with E-state index in [1.54, 1.807) is 19.9 Å². The van der Waals surface area contributed by atoms with Gasteiger partial charge in [-0.2, -0.15) is 0 Å². The molecule has 1 aromatic carbocycles. The van der Waals surface area contributed by atoms with E-state index in [0.717, 1.165) is 5.56 Å². The van der Waals surface area contributed by atoms with Crippen LogP contribution in [0.2, 0.25) is 0 Å². The highest BCUT2D eigenvalue weighted by atomic mass is 31.2. The van der Waals surface area contributed by atoms with Crippen LogP contribution in [0.15, 0.2) is 41.9 Å². The van der Waals surface area contributed by atoms with Crippen LogP contribution in [0.4, 0.5) is 0 Å². The van der Waals surface area contributed by atoms with Crippen LogP contribution in [0.1, 0.15) is 32.3 Å². The fourth-order valence-corrected chi connectivity index (χ4v) is 4.08. The Hall–Kier alpha value is -1.13. The lowest BCUT2D eigenvalue weighted by Gasteiger charge is -2.34. The molecule has 1 aromatic rings. The summed E-state index contributed by atoms with van der Waals surface area (Å²) in [6, 6.07) is 9.74. The van der Waals surface area contributed by atoms with Crippen molar-refractivity contribution in [3.63, 3.8) is 0 Å². The molecule has 0 amide bonds. The molecule has 0 radical (unpaired) electrons. The van der Waals surface area contributed by atoms with Gasteiger partial charge in [0.2, 0.25) is 11.8 Å². The minimum Gasteiger partial charge on any atom is -0.457 e. The van der Waals surface area contributed by atoms with Gasteiger partial charge in [0, 0.05) is 11.8 Å². The fourth-order valence-electron chi connectivity index (χ4n) is 2.49. The van der Waals surface area contributed by atoms with E-state index >= 15 is 0 Å². The van der Waals surface area contributed by atoms with Gasteiger partial charge in [-0.25, -0.2) is 0 Å². The second kappa shape index (κ2) is 7.42. The van der Waals surface area contributed by atoms with Gasteiger partial charge in [0.1, 0.15) is 0 Å². The first kappa shape index (κ1) is 17.2. The van der Waals surface area contributed by atoms with Gasteiger partial charge in [-0.1, -0.05) is 37.3 Å². The third kappa shape index (κ3) is 3.61. The van der Waals surface area contributed by atoms with E-state index in [-0.39, 0.29) is 30.5 Å². The normalized spacial score (nSPS) is 25.5. The smallest absolute Gasteiger partial charge is 0.395 e. The predicted octanol–water partition coefficient (Wildman–Crippen LogP) is 3.86. The maximum atomic E-state index is 12.8. The van der Waals surface area contributed by atoms with Gasteiger partial charge in [0.25, 0.3) is 0 Å². The molecule has 6 heteroatoms. The molecule has 122 valence electrons. The summed E-state index contributed by atoms with van der Waals surface area (Å²) in [6.07, 6.45) is 0.693. The molecule has 1 unspecified atom stereocenters. The van der Waals surface area contributed by atoms with Crippen LogP contribution in [0.25, 0.3) is 0 Å². The van der Waals surface area contributed by atoms with Crippen molar-refractivity contribution in [3.05, 3.63) is 47.5 Å². The molecular formula is C16H23O5P. The summed E-state index contributed by atoms with van der Waals surface area (Å²) in [4.78, 5) is 0. The van der Waals surface area contributed by atoms with Gasteiger partial charge >= 0.3 is 7.60 Å². The third-order valence-electron chi connectivity index (χ3n) is 3.63. The Morgan fingerprint density at radius 3 is 2.32 bits per heavy atom. The van der Waals surface area contributed by atoms with Crippen molar-refractivity contribution >= 4 is 7.60 Å². The van der Waals surface area contributed by atoms with Crippen molar-refractivity contribution in [2.45, 2.75) is 33.0 Å². The van der Waals surface area contributed by atoms with Crippen LogP contribution in [-0.2, 0) is 18.3 Å². The van der Waals surface area contributed by atoms with Crippen LogP contribution in [0.5, 0.6) is 0 Å². The molecule has 0 saturated carbocycles. The Morgan fingerprint density at radius 1 is 1.18 bits per heavy atom. The highest BCUT2D eigenvalue weighted by Crippen LogP contribution is 2.59. The van der Waals surface area contributed by atoms with Crippen molar-refractivity contribution < 1.29 is 23.5 Å². The van der Waals surface area contributed by atoms with E-state index in [0.29, 0.717) is 0 Å². The molecule has 0 aliphatic carbocycles. The fraction of sp³-hybridized carbons (Fsp3) is 0.500. The molecule has 22 heavy (non-hydrogen) atoms. The first-order valence-corrected chi connectivity index (χ1v) is 9.07. The van der Waals surface area contributed by atoms with Crippen molar-refractivity contribution in [2.24, 2.45) is 5.92 Å². The van der Waals surface area contributed by atoms with Crippen LogP contribution in [-0.4, -0.2) is 24.6 Å². The SMILES string of the molecule is CCOP(=O)(OCC)C1=C[C@H](c2ccccc2)[C@@H](C)C(O)O1. The van der Waals surface area contributed by atoms with Crippen LogP contribution in [0.3, 0.4) is 0 Å². The van der Waals surface area contributed by atoms with Crippen molar-refractivity contribution in [1.29, 1.82) is 0 Å². The second-order valence-corrected chi connectivity index (χ2v) is 7.09. The molecule has 0 fully saturated rings. The van der Waals surface area contributed by atoms with Crippen LogP contribution >= 0.6 is 7.60 Å².